The average molecular weight is 213 g/mol. The lowest BCUT2D eigenvalue weighted by Gasteiger charge is -2.02. The molecule has 1 aromatic rings. The van der Waals surface area contributed by atoms with E-state index in [1.165, 1.54) is 0 Å². The van der Waals surface area contributed by atoms with Gasteiger partial charge < -0.3 is 5.73 Å². The van der Waals surface area contributed by atoms with Crippen molar-refractivity contribution in [2.75, 3.05) is 0 Å². The van der Waals surface area contributed by atoms with Crippen LogP contribution in [-0.2, 0) is 6.42 Å². The second kappa shape index (κ2) is 4.83. The molecule has 0 aliphatic rings. The van der Waals surface area contributed by atoms with Crippen molar-refractivity contribution in [1.82, 2.24) is 5.43 Å². The lowest BCUT2D eigenvalue weighted by molar-refractivity contribution is 1.01. The number of guanidine groups is 1. The number of aliphatic imine (C=N–C) groups is 1. The number of aryl methyl sites for hydroxylation is 1. The van der Waals surface area contributed by atoms with Crippen molar-refractivity contribution >= 4 is 23.2 Å². The number of nitrogens with zero attached hydrogens (tertiary/aromatic N) is 1. The lowest BCUT2D eigenvalue weighted by atomic mass is 10.1. The Morgan fingerprint density at radius 1 is 1.57 bits per heavy atom. The molecule has 0 heterocycles. The maximum atomic E-state index is 5.99. The van der Waals surface area contributed by atoms with Crippen molar-refractivity contribution < 1.29 is 0 Å². The van der Waals surface area contributed by atoms with E-state index in [4.69, 9.17) is 23.2 Å². The molecule has 0 amide bonds. The third kappa shape index (κ3) is 2.61. The molecule has 1 aromatic carbocycles. The first-order valence-electron chi connectivity index (χ1n) is 4.26. The largest absolute Gasteiger partial charge is 0.369 e. The van der Waals surface area contributed by atoms with Gasteiger partial charge in [0.1, 0.15) is 0 Å². The van der Waals surface area contributed by atoms with Gasteiger partial charge in [-0.2, -0.15) is 0 Å². The smallest absolute Gasteiger partial charge is 0.208 e. The van der Waals surface area contributed by atoms with Gasteiger partial charge in [-0.05, 0) is 24.1 Å². The third-order valence-corrected chi connectivity index (χ3v) is 2.17. The van der Waals surface area contributed by atoms with Gasteiger partial charge in [0.25, 0.3) is 0 Å². The summed E-state index contributed by atoms with van der Waals surface area (Å²) >= 11 is 5.99. The van der Waals surface area contributed by atoms with Crippen molar-refractivity contribution in [2.45, 2.75) is 13.3 Å². The molecule has 0 saturated heterocycles. The molecule has 76 valence electrons. The molecule has 0 bridgehead atoms. The fourth-order valence-electron chi connectivity index (χ4n) is 1.06. The Morgan fingerprint density at radius 3 is 2.79 bits per heavy atom. The van der Waals surface area contributed by atoms with E-state index >= 15 is 0 Å². The summed E-state index contributed by atoms with van der Waals surface area (Å²) in [5.41, 5.74) is 9.41. The Morgan fingerprint density at radius 2 is 2.29 bits per heavy atom. The summed E-state index contributed by atoms with van der Waals surface area (Å²) in [6.45, 7) is 2.04. The van der Waals surface area contributed by atoms with Crippen LogP contribution in [0, 0.1) is 0 Å². The summed E-state index contributed by atoms with van der Waals surface area (Å²) in [4.78, 5) is 3.99. The first kappa shape index (κ1) is 10.8. The highest BCUT2D eigenvalue weighted by Gasteiger charge is 1.99. The molecule has 5 heteroatoms. The Kier molecular flexibility index (Phi) is 3.73. The molecule has 0 spiro atoms. The summed E-state index contributed by atoms with van der Waals surface area (Å²) in [5.74, 6) is 5.23. The maximum absolute atomic E-state index is 5.99. The highest BCUT2D eigenvalue weighted by atomic mass is 35.5. The molecular formula is C9H13ClN4. The van der Waals surface area contributed by atoms with Crippen LogP contribution in [0.15, 0.2) is 23.2 Å². The van der Waals surface area contributed by atoms with Gasteiger partial charge in [0, 0.05) is 5.02 Å². The molecule has 0 aliphatic carbocycles. The minimum absolute atomic E-state index is 0.158. The van der Waals surface area contributed by atoms with Gasteiger partial charge in [-0.25, -0.2) is 10.8 Å². The predicted octanol–water partition coefficient (Wildman–Crippen LogP) is 1.31. The summed E-state index contributed by atoms with van der Waals surface area (Å²) in [5, 5.41) is 0.693. The van der Waals surface area contributed by atoms with Gasteiger partial charge in [-0.1, -0.05) is 24.6 Å². The normalized spacial score (nSPS) is 11.5. The van der Waals surface area contributed by atoms with Gasteiger partial charge in [0.05, 0.1) is 5.69 Å². The molecule has 0 atom stereocenters. The zero-order chi connectivity index (χ0) is 10.6. The number of nitrogens with one attached hydrogen (secondary N) is 1. The van der Waals surface area contributed by atoms with Gasteiger partial charge in [0.15, 0.2) is 0 Å². The monoisotopic (exact) mass is 212 g/mol. The summed E-state index contributed by atoms with van der Waals surface area (Å²) in [6, 6.07) is 5.52. The van der Waals surface area contributed by atoms with Crippen molar-refractivity contribution in [1.29, 1.82) is 0 Å². The number of halogens is 1. The number of nitrogens with two attached hydrogens (primary N) is 2. The van der Waals surface area contributed by atoms with E-state index in [1.807, 2.05) is 19.1 Å². The van der Waals surface area contributed by atoms with E-state index in [1.54, 1.807) is 6.07 Å². The van der Waals surface area contributed by atoms with Crippen LogP contribution in [0.3, 0.4) is 0 Å². The summed E-state index contributed by atoms with van der Waals surface area (Å²) in [7, 11) is 0. The number of hydrazine groups is 1. The third-order valence-electron chi connectivity index (χ3n) is 1.81. The van der Waals surface area contributed by atoms with Crippen LogP contribution in [0.2, 0.25) is 5.02 Å². The summed E-state index contributed by atoms with van der Waals surface area (Å²) in [6.07, 6.45) is 0.896. The molecule has 0 radical (unpaired) electrons. The molecule has 4 nitrogen and oxygen atoms in total. The van der Waals surface area contributed by atoms with Crippen LogP contribution in [0.25, 0.3) is 0 Å². The summed E-state index contributed by atoms with van der Waals surface area (Å²) < 4.78 is 0. The van der Waals surface area contributed by atoms with Crippen LogP contribution in [0.1, 0.15) is 12.5 Å². The van der Waals surface area contributed by atoms with E-state index < -0.39 is 0 Å². The highest BCUT2D eigenvalue weighted by molar-refractivity contribution is 6.31. The van der Waals surface area contributed by atoms with Crippen LogP contribution in [0.5, 0.6) is 0 Å². The molecule has 0 aromatic heterocycles. The van der Waals surface area contributed by atoms with E-state index in [9.17, 15) is 0 Å². The SMILES string of the molecule is CCc1ccc(N=C(N)NN)cc1Cl. The number of hydrogen-bond donors (Lipinski definition) is 3. The fourth-order valence-corrected chi connectivity index (χ4v) is 1.37. The zero-order valence-electron chi connectivity index (χ0n) is 7.92. The second-order valence-corrected chi connectivity index (χ2v) is 3.18. The van der Waals surface area contributed by atoms with E-state index in [2.05, 4.69) is 10.4 Å². The zero-order valence-corrected chi connectivity index (χ0v) is 8.67. The molecule has 1 rings (SSSR count). The second-order valence-electron chi connectivity index (χ2n) is 2.77. The highest BCUT2D eigenvalue weighted by Crippen LogP contribution is 2.22. The molecule has 0 unspecified atom stereocenters. The Hall–Kier alpha value is -1.26. The predicted molar refractivity (Wildman–Crippen MR) is 59.4 cm³/mol. The fraction of sp³-hybridized carbons (Fsp3) is 0.222. The van der Waals surface area contributed by atoms with Crippen LogP contribution in [-0.4, -0.2) is 5.96 Å². The number of hydrogen-bond acceptors (Lipinski definition) is 2. The van der Waals surface area contributed by atoms with E-state index in [0.29, 0.717) is 10.7 Å². The molecule has 0 fully saturated rings. The molecule has 14 heavy (non-hydrogen) atoms. The first-order valence-corrected chi connectivity index (χ1v) is 4.64. The average Bonchev–Trinajstić information content (AvgIpc) is 2.18. The van der Waals surface area contributed by atoms with Crippen LogP contribution >= 0.6 is 11.6 Å². The van der Waals surface area contributed by atoms with Crippen molar-refractivity contribution in [3.05, 3.63) is 28.8 Å². The number of rotatable bonds is 2. The van der Waals surface area contributed by atoms with E-state index in [0.717, 1.165) is 12.0 Å². The minimum atomic E-state index is 0.158. The van der Waals surface area contributed by atoms with E-state index in [-0.39, 0.29) is 5.96 Å². The molecule has 0 aliphatic heterocycles. The Bertz CT molecular complexity index is 349. The van der Waals surface area contributed by atoms with Crippen LogP contribution < -0.4 is 17.0 Å². The first-order chi connectivity index (χ1) is 6.67. The van der Waals surface area contributed by atoms with Gasteiger partial charge >= 0.3 is 0 Å². The maximum Gasteiger partial charge on any atom is 0.208 e. The number of benzene rings is 1. The molecule has 0 saturated carbocycles. The standard InChI is InChI=1S/C9H13ClN4/c1-2-6-3-4-7(5-8(6)10)13-9(11)14-12/h3-5H,2,12H2,1H3,(H3,11,13,14). The van der Waals surface area contributed by atoms with Crippen molar-refractivity contribution in [2.24, 2.45) is 16.6 Å². The molecular weight excluding hydrogens is 200 g/mol. The minimum Gasteiger partial charge on any atom is -0.369 e. The van der Waals surface area contributed by atoms with Gasteiger partial charge in [0.2, 0.25) is 5.96 Å². The van der Waals surface area contributed by atoms with Crippen molar-refractivity contribution in [3.63, 3.8) is 0 Å². The van der Waals surface area contributed by atoms with Crippen LogP contribution in [0.4, 0.5) is 5.69 Å². The Balaban J connectivity index is 2.97. The quantitative estimate of drug-likeness (QED) is 0.300. The Labute approximate surface area is 87.9 Å². The lowest BCUT2D eigenvalue weighted by Crippen LogP contribution is -2.36. The van der Waals surface area contributed by atoms with Gasteiger partial charge in [-0.15, -0.1) is 0 Å². The topological polar surface area (TPSA) is 76.4 Å². The molecule has 5 N–H and O–H groups in total. The van der Waals surface area contributed by atoms with Gasteiger partial charge in [-0.3, -0.25) is 5.43 Å². The van der Waals surface area contributed by atoms with Crippen molar-refractivity contribution in [3.8, 4) is 0 Å².